The number of rotatable bonds is 6. The van der Waals surface area contributed by atoms with Gasteiger partial charge in [0.2, 0.25) is 11.8 Å². The Hall–Kier alpha value is -4.91. The first-order valence-corrected chi connectivity index (χ1v) is 12.5. The van der Waals surface area contributed by atoms with E-state index < -0.39 is 53.2 Å². The van der Waals surface area contributed by atoms with E-state index in [0.717, 1.165) is 28.0 Å². The Morgan fingerprint density at radius 1 is 1.19 bits per heavy atom. The molecule has 5 rings (SSSR count). The molecule has 0 saturated heterocycles. The molecule has 1 aliphatic rings. The average molecular weight is 605 g/mol. The molecule has 0 radical (unpaired) electrons. The van der Waals surface area contributed by atoms with Gasteiger partial charge in [-0.15, -0.1) is 23.4 Å². The molecule has 1 amide bonds. The number of hydrogen-bond donors (Lipinski definition) is 1. The quantitative estimate of drug-likeness (QED) is 0.299. The molecule has 16 heteroatoms. The van der Waals surface area contributed by atoms with E-state index in [1.54, 1.807) is 0 Å². The minimum absolute atomic E-state index is 0.131. The molecule has 1 aliphatic heterocycles. The highest BCUT2D eigenvalue weighted by atomic mass is 19.4. The lowest BCUT2D eigenvalue weighted by atomic mass is 9.96. The molecule has 0 bridgehead atoms. The number of alkyl halides is 5. The first kappa shape index (κ1) is 29.6. The number of nitrogens with two attached hydrogens (primary N) is 1. The van der Waals surface area contributed by atoms with Gasteiger partial charge < -0.3 is 19.8 Å². The molecule has 0 unspecified atom stereocenters. The number of halogens is 6. The van der Waals surface area contributed by atoms with Crippen LogP contribution < -0.4 is 15.4 Å². The van der Waals surface area contributed by atoms with E-state index in [4.69, 9.17) is 10.2 Å². The van der Waals surface area contributed by atoms with Gasteiger partial charge in [0.15, 0.2) is 5.75 Å². The third kappa shape index (κ3) is 5.89. The summed E-state index contributed by atoms with van der Waals surface area (Å²) in [6.07, 6.45) is -4.09. The fourth-order valence-corrected chi connectivity index (χ4v) is 4.40. The number of carbonyl (C=O) groups excluding carboxylic acids is 1. The first-order chi connectivity index (χ1) is 20.1. The van der Waals surface area contributed by atoms with Crippen LogP contribution in [0.2, 0.25) is 0 Å². The van der Waals surface area contributed by atoms with Gasteiger partial charge in [0.1, 0.15) is 11.2 Å². The molecule has 2 aromatic heterocycles. The number of nitriles is 1. The van der Waals surface area contributed by atoms with Crippen LogP contribution in [-0.4, -0.2) is 38.3 Å². The second-order valence-corrected chi connectivity index (χ2v) is 10.3. The highest BCUT2D eigenvalue weighted by Crippen LogP contribution is 2.45. The minimum Gasteiger partial charge on any atom is -0.419 e. The second-order valence-electron chi connectivity index (χ2n) is 10.3. The van der Waals surface area contributed by atoms with Crippen molar-refractivity contribution in [3.05, 3.63) is 71.6 Å². The lowest BCUT2D eigenvalue weighted by Crippen LogP contribution is -2.43. The standard InChI is InChI=1S/C27H21F6N7O3/c1-25(2,13-34)24-38-37-22(42-24)17-7-21-18(8-19(17)28)26(29,30)9-20(35)23(41)39(21)11-14-3-5-15(6-4-14)40-12-16(10-36-40)43-27(31,32)33/h3-8,10,12,20H,9,11,35H2,1-2H3/t20-/m1/s1. The fraction of sp³-hybridized carbons (Fsp3) is 0.296. The van der Waals surface area contributed by atoms with Crippen LogP contribution in [0.4, 0.5) is 32.0 Å². The predicted octanol–water partition coefficient (Wildman–Crippen LogP) is 5.12. The second kappa shape index (κ2) is 10.4. The largest absolute Gasteiger partial charge is 0.573 e. The summed E-state index contributed by atoms with van der Waals surface area (Å²) in [5.74, 6) is -6.72. The maximum atomic E-state index is 15.3. The van der Waals surface area contributed by atoms with Crippen LogP contribution in [0.1, 0.15) is 37.3 Å². The van der Waals surface area contributed by atoms with Crippen molar-refractivity contribution in [3.63, 3.8) is 0 Å². The Balaban J connectivity index is 1.51. The van der Waals surface area contributed by atoms with Crippen LogP contribution in [0, 0.1) is 17.1 Å². The van der Waals surface area contributed by atoms with E-state index >= 15 is 13.2 Å². The van der Waals surface area contributed by atoms with Gasteiger partial charge in [0, 0.05) is 12.0 Å². The number of anilines is 1. The van der Waals surface area contributed by atoms with Gasteiger partial charge >= 0.3 is 6.36 Å². The Labute approximate surface area is 239 Å². The van der Waals surface area contributed by atoms with Gasteiger partial charge in [-0.25, -0.2) is 17.9 Å². The lowest BCUT2D eigenvalue weighted by molar-refractivity contribution is -0.274. The molecule has 4 aromatic rings. The van der Waals surface area contributed by atoms with E-state index in [0.29, 0.717) is 17.3 Å². The van der Waals surface area contributed by atoms with E-state index in [-0.39, 0.29) is 29.6 Å². The number of aromatic nitrogens is 4. The van der Waals surface area contributed by atoms with Crippen LogP contribution in [0.25, 0.3) is 17.1 Å². The maximum absolute atomic E-state index is 15.3. The highest BCUT2D eigenvalue weighted by molar-refractivity contribution is 5.99. The van der Waals surface area contributed by atoms with Crippen molar-refractivity contribution < 1.29 is 40.3 Å². The van der Waals surface area contributed by atoms with Gasteiger partial charge in [0.05, 0.1) is 48.0 Å². The fourth-order valence-electron chi connectivity index (χ4n) is 4.40. The number of fused-ring (bicyclic) bond motifs is 1. The molecule has 10 nitrogen and oxygen atoms in total. The van der Waals surface area contributed by atoms with Gasteiger partial charge in [-0.05, 0) is 43.7 Å². The van der Waals surface area contributed by atoms with Gasteiger partial charge in [-0.2, -0.15) is 10.4 Å². The molecule has 0 spiro atoms. The SMILES string of the molecule is CC(C)(C#N)c1nnc(-c2cc3c(cc2F)C(F)(F)C[C@@H](N)C(=O)N3Cc2ccc(-n3cc(OC(F)(F)F)cn3)cc2)o1. The Morgan fingerprint density at radius 3 is 2.53 bits per heavy atom. The van der Waals surface area contributed by atoms with Crippen LogP contribution in [0.15, 0.2) is 53.2 Å². The van der Waals surface area contributed by atoms with Crippen LogP contribution in [-0.2, 0) is 22.7 Å². The molecular weight excluding hydrogens is 584 g/mol. The Kier molecular flexibility index (Phi) is 7.17. The van der Waals surface area contributed by atoms with Crippen molar-refractivity contribution in [1.29, 1.82) is 5.26 Å². The van der Waals surface area contributed by atoms with Crippen molar-refractivity contribution in [1.82, 2.24) is 20.0 Å². The minimum atomic E-state index is -4.90. The number of ether oxygens (including phenoxy) is 1. The van der Waals surface area contributed by atoms with Crippen LogP contribution >= 0.6 is 0 Å². The first-order valence-electron chi connectivity index (χ1n) is 12.5. The number of benzene rings is 2. The molecular formula is C27H21F6N7O3. The molecule has 1 atom stereocenters. The summed E-state index contributed by atoms with van der Waals surface area (Å²) in [6.45, 7) is 2.71. The zero-order valence-corrected chi connectivity index (χ0v) is 22.4. The van der Waals surface area contributed by atoms with E-state index in [9.17, 15) is 23.2 Å². The smallest absolute Gasteiger partial charge is 0.419 e. The van der Waals surface area contributed by atoms with Gasteiger partial charge in [-0.3, -0.25) is 4.79 Å². The van der Waals surface area contributed by atoms with Crippen molar-refractivity contribution in [2.45, 2.75) is 50.6 Å². The summed E-state index contributed by atoms with van der Waals surface area (Å²) < 4.78 is 93.6. The summed E-state index contributed by atoms with van der Waals surface area (Å²) in [5, 5.41) is 20.7. The monoisotopic (exact) mass is 605 g/mol. The molecule has 3 heterocycles. The molecule has 0 aliphatic carbocycles. The average Bonchev–Trinajstić information content (AvgIpc) is 3.60. The number of nitrogens with zero attached hydrogens (tertiary/aromatic N) is 6. The summed E-state index contributed by atoms with van der Waals surface area (Å²) in [4.78, 5) is 14.3. The zero-order chi connectivity index (χ0) is 31.3. The Bertz CT molecular complexity index is 1720. The zero-order valence-electron chi connectivity index (χ0n) is 22.4. The summed E-state index contributed by atoms with van der Waals surface area (Å²) >= 11 is 0. The molecule has 0 saturated carbocycles. The highest BCUT2D eigenvalue weighted by Gasteiger charge is 2.45. The Morgan fingerprint density at radius 2 is 1.88 bits per heavy atom. The third-order valence-corrected chi connectivity index (χ3v) is 6.63. The van der Waals surface area contributed by atoms with E-state index in [2.05, 4.69) is 20.0 Å². The molecule has 2 N–H and O–H groups in total. The normalized spacial score (nSPS) is 16.9. The van der Waals surface area contributed by atoms with Crippen molar-refractivity contribution in [2.75, 3.05) is 4.90 Å². The number of amides is 1. The summed E-state index contributed by atoms with van der Waals surface area (Å²) in [5.41, 5.74) is 3.88. The van der Waals surface area contributed by atoms with Gasteiger partial charge in [0.25, 0.3) is 11.8 Å². The summed E-state index contributed by atoms with van der Waals surface area (Å²) in [7, 11) is 0. The van der Waals surface area contributed by atoms with Crippen molar-refractivity contribution in [2.24, 2.45) is 5.73 Å². The maximum Gasteiger partial charge on any atom is 0.573 e. The molecule has 224 valence electrons. The van der Waals surface area contributed by atoms with Gasteiger partial charge in [-0.1, -0.05) is 12.1 Å². The topological polar surface area (TPSA) is 136 Å². The van der Waals surface area contributed by atoms with Crippen LogP contribution in [0.3, 0.4) is 0 Å². The summed E-state index contributed by atoms with van der Waals surface area (Å²) in [6, 6.07) is 7.87. The third-order valence-electron chi connectivity index (χ3n) is 6.63. The molecule has 0 fully saturated rings. The molecule has 43 heavy (non-hydrogen) atoms. The lowest BCUT2D eigenvalue weighted by Gasteiger charge is -2.25. The molecule has 2 aromatic carbocycles. The number of carbonyl (C=O) groups is 1. The van der Waals surface area contributed by atoms with Crippen LogP contribution in [0.5, 0.6) is 5.75 Å². The number of hydrogen-bond acceptors (Lipinski definition) is 8. The predicted molar refractivity (Wildman–Crippen MR) is 136 cm³/mol. The van der Waals surface area contributed by atoms with E-state index in [1.807, 2.05) is 6.07 Å². The van der Waals surface area contributed by atoms with Crippen molar-refractivity contribution >= 4 is 11.6 Å². The van der Waals surface area contributed by atoms with E-state index in [1.165, 1.54) is 38.1 Å². The van der Waals surface area contributed by atoms with Crippen molar-refractivity contribution in [3.8, 4) is 29.0 Å².